The van der Waals surface area contributed by atoms with E-state index >= 15 is 0 Å². The number of rotatable bonds is 3. The maximum absolute atomic E-state index is 14.0. The molecular formula is C18H12FN7. The molecule has 0 bridgehead atoms. The predicted octanol–water partition coefficient (Wildman–Crippen LogP) is 2.72. The van der Waals surface area contributed by atoms with Gasteiger partial charge in [-0.3, -0.25) is 0 Å². The van der Waals surface area contributed by atoms with Gasteiger partial charge in [0.05, 0.1) is 11.9 Å². The molecule has 0 radical (unpaired) electrons. The molecule has 0 amide bonds. The summed E-state index contributed by atoms with van der Waals surface area (Å²) in [6.45, 7) is 0.270. The topological polar surface area (TPSA) is 73.8 Å². The summed E-state index contributed by atoms with van der Waals surface area (Å²) < 4.78 is 17.3. The largest absolute Gasteiger partial charge is 0.252 e. The van der Waals surface area contributed by atoms with E-state index in [1.54, 1.807) is 52.1 Å². The van der Waals surface area contributed by atoms with Crippen molar-refractivity contribution in [3.05, 3.63) is 72.4 Å². The molecule has 26 heavy (non-hydrogen) atoms. The standard InChI is InChI=1S/C18H12FN7/c19-14-7-2-1-5-12(14)11-26-17-13(6-3-8-20-17)15(23-26)16-22-18-21-9-4-10-25(18)24-16/h1-10H,11H2. The first-order valence-corrected chi connectivity index (χ1v) is 8.02. The van der Waals surface area contributed by atoms with E-state index in [4.69, 9.17) is 0 Å². The maximum atomic E-state index is 14.0. The normalized spacial score (nSPS) is 11.4. The van der Waals surface area contributed by atoms with E-state index in [0.29, 0.717) is 28.5 Å². The van der Waals surface area contributed by atoms with Crippen molar-refractivity contribution < 1.29 is 4.39 Å². The molecule has 0 saturated heterocycles. The second kappa shape index (κ2) is 5.69. The van der Waals surface area contributed by atoms with Crippen LogP contribution in [0, 0.1) is 5.82 Å². The SMILES string of the molecule is Fc1ccccc1Cn1nc(-c2nc3ncccn3n2)c2cccnc21. The van der Waals surface area contributed by atoms with E-state index in [2.05, 4.69) is 25.1 Å². The molecule has 5 aromatic rings. The highest BCUT2D eigenvalue weighted by Crippen LogP contribution is 2.25. The average Bonchev–Trinajstić information content (AvgIpc) is 3.25. The molecule has 7 nitrogen and oxygen atoms in total. The van der Waals surface area contributed by atoms with Crippen molar-refractivity contribution in [1.82, 2.24) is 34.3 Å². The summed E-state index contributed by atoms with van der Waals surface area (Å²) in [6, 6.07) is 12.1. The highest BCUT2D eigenvalue weighted by Gasteiger charge is 2.18. The van der Waals surface area contributed by atoms with Gasteiger partial charge < -0.3 is 0 Å². The minimum atomic E-state index is -0.274. The molecule has 8 heteroatoms. The highest BCUT2D eigenvalue weighted by molar-refractivity contribution is 5.89. The van der Waals surface area contributed by atoms with Gasteiger partial charge in [0.25, 0.3) is 5.78 Å². The van der Waals surface area contributed by atoms with Crippen molar-refractivity contribution in [2.45, 2.75) is 6.54 Å². The van der Waals surface area contributed by atoms with E-state index in [9.17, 15) is 4.39 Å². The quantitative estimate of drug-likeness (QED) is 0.503. The summed E-state index contributed by atoms with van der Waals surface area (Å²) in [5.74, 6) is 0.667. The van der Waals surface area contributed by atoms with Gasteiger partial charge in [-0.25, -0.2) is 23.6 Å². The summed E-state index contributed by atoms with van der Waals surface area (Å²) >= 11 is 0. The molecule has 0 saturated carbocycles. The zero-order valence-corrected chi connectivity index (χ0v) is 13.5. The van der Waals surface area contributed by atoms with Crippen molar-refractivity contribution in [2.75, 3.05) is 0 Å². The Morgan fingerprint density at radius 2 is 1.81 bits per heavy atom. The van der Waals surface area contributed by atoms with Crippen molar-refractivity contribution in [3.63, 3.8) is 0 Å². The molecule has 5 rings (SSSR count). The molecular weight excluding hydrogens is 333 g/mol. The van der Waals surface area contributed by atoms with E-state index in [1.807, 2.05) is 12.1 Å². The summed E-state index contributed by atoms with van der Waals surface area (Å²) in [7, 11) is 0. The van der Waals surface area contributed by atoms with Gasteiger partial charge in [0, 0.05) is 24.2 Å². The Balaban J connectivity index is 1.68. The molecule has 0 fully saturated rings. The lowest BCUT2D eigenvalue weighted by molar-refractivity contribution is 0.589. The number of benzene rings is 1. The minimum Gasteiger partial charge on any atom is -0.242 e. The molecule has 0 aliphatic rings. The zero-order chi connectivity index (χ0) is 17.5. The number of pyridine rings is 1. The fourth-order valence-electron chi connectivity index (χ4n) is 2.91. The summed E-state index contributed by atoms with van der Waals surface area (Å²) in [4.78, 5) is 13.0. The molecule has 0 spiro atoms. The molecule has 1 aromatic carbocycles. The minimum absolute atomic E-state index is 0.270. The van der Waals surface area contributed by atoms with Crippen LogP contribution < -0.4 is 0 Å². The van der Waals surface area contributed by atoms with Crippen LogP contribution in [0.15, 0.2) is 61.1 Å². The Morgan fingerprint density at radius 1 is 0.923 bits per heavy atom. The van der Waals surface area contributed by atoms with Gasteiger partial charge >= 0.3 is 0 Å². The van der Waals surface area contributed by atoms with Crippen LogP contribution in [0.3, 0.4) is 0 Å². The highest BCUT2D eigenvalue weighted by atomic mass is 19.1. The fraction of sp³-hybridized carbons (Fsp3) is 0.0556. The molecule has 4 heterocycles. The van der Waals surface area contributed by atoms with Gasteiger partial charge in [-0.15, -0.1) is 5.10 Å². The third kappa shape index (κ3) is 2.31. The van der Waals surface area contributed by atoms with Crippen molar-refractivity contribution in [3.8, 4) is 11.5 Å². The number of hydrogen-bond acceptors (Lipinski definition) is 5. The van der Waals surface area contributed by atoms with Gasteiger partial charge in [-0.2, -0.15) is 10.1 Å². The predicted molar refractivity (Wildman–Crippen MR) is 92.8 cm³/mol. The first kappa shape index (κ1) is 14.6. The summed E-state index contributed by atoms with van der Waals surface area (Å²) in [5, 5.41) is 9.85. The Kier molecular flexibility index (Phi) is 3.21. The van der Waals surface area contributed by atoms with Gasteiger partial charge in [-0.1, -0.05) is 18.2 Å². The number of hydrogen-bond donors (Lipinski definition) is 0. The van der Waals surface area contributed by atoms with Gasteiger partial charge in [-0.05, 0) is 24.3 Å². The smallest absolute Gasteiger partial charge is 0.242 e. The van der Waals surface area contributed by atoms with Crippen LogP contribution in [0.25, 0.3) is 28.3 Å². The lowest BCUT2D eigenvalue weighted by Crippen LogP contribution is -2.04. The number of halogens is 1. The van der Waals surface area contributed by atoms with Crippen LogP contribution in [0.1, 0.15) is 5.56 Å². The van der Waals surface area contributed by atoms with E-state index in [1.165, 1.54) is 6.07 Å². The molecule has 126 valence electrons. The van der Waals surface area contributed by atoms with Crippen LogP contribution in [-0.4, -0.2) is 34.3 Å². The second-order valence-electron chi connectivity index (χ2n) is 5.77. The van der Waals surface area contributed by atoms with Gasteiger partial charge in [0.2, 0.25) is 5.82 Å². The van der Waals surface area contributed by atoms with Crippen LogP contribution in [-0.2, 0) is 6.54 Å². The molecule has 0 unspecified atom stereocenters. The van der Waals surface area contributed by atoms with Crippen molar-refractivity contribution >= 4 is 16.8 Å². The average molecular weight is 345 g/mol. The maximum Gasteiger partial charge on any atom is 0.252 e. The number of aromatic nitrogens is 7. The van der Waals surface area contributed by atoms with E-state index in [-0.39, 0.29) is 12.4 Å². The van der Waals surface area contributed by atoms with Crippen LogP contribution in [0.5, 0.6) is 0 Å². The van der Waals surface area contributed by atoms with Crippen molar-refractivity contribution in [1.29, 1.82) is 0 Å². The van der Waals surface area contributed by atoms with Crippen LogP contribution in [0.2, 0.25) is 0 Å². The lowest BCUT2D eigenvalue weighted by Gasteiger charge is -2.04. The molecule has 0 N–H and O–H groups in total. The first-order valence-electron chi connectivity index (χ1n) is 8.02. The Labute approximate surface area is 146 Å². The number of nitrogens with zero attached hydrogens (tertiary/aromatic N) is 7. The third-order valence-electron chi connectivity index (χ3n) is 4.11. The van der Waals surface area contributed by atoms with Crippen LogP contribution in [0.4, 0.5) is 4.39 Å². The summed E-state index contributed by atoms with van der Waals surface area (Å²) in [6.07, 6.45) is 5.12. The van der Waals surface area contributed by atoms with E-state index < -0.39 is 0 Å². The Morgan fingerprint density at radius 3 is 2.69 bits per heavy atom. The zero-order valence-electron chi connectivity index (χ0n) is 13.5. The van der Waals surface area contributed by atoms with Gasteiger partial charge in [0.15, 0.2) is 5.65 Å². The Bertz CT molecular complexity index is 1210. The first-order chi connectivity index (χ1) is 12.8. The van der Waals surface area contributed by atoms with E-state index in [0.717, 1.165) is 5.39 Å². The third-order valence-corrected chi connectivity index (χ3v) is 4.11. The fourth-order valence-corrected chi connectivity index (χ4v) is 2.91. The summed E-state index contributed by atoms with van der Waals surface area (Å²) in [5.41, 5.74) is 1.78. The van der Waals surface area contributed by atoms with Crippen LogP contribution >= 0.6 is 0 Å². The van der Waals surface area contributed by atoms with Gasteiger partial charge in [0.1, 0.15) is 11.5 Å². The molecule has 0 aliphatic heterocycles. The Hall–Kier alpha value is -3.68. The number of fused-ring (bicyclic) bond motifs is 2. The molecule has 0 aliphatic carbocycles. The second-order valence-corrected chi connectivity index (χ2v) is 5.77. The molecule has 0 atom stereocenters. The lowest BCUT2D eigenvalue weighted by atomic mass is 10.2. The molecule has 4 aromatic heterocycles. The monoisotopic (exact) mass is 345 g/mol. The van der Waals surface area contributed by atoms with Crippen molar-refractivity contribution in [2.24, 2.45) is 0 Å².